The van der Waals surface area contributed by atoms with Gasteiger partial charge in [0.05, 0.1) is 19.5 Å². The SMILES string of the molecule is OCCSCc1ccc(-c2cccc(OCCn3ccnc3)c2)cc1F. The van der Waals surface area contributed by atoms with Crippen LogP contribution in [-0.2, 0) is 12.3 Å². The van der Waals surface area contributed by atoms with Gasteiger partial charge in [-0.3, -0.25) is 0 Å². The van der Waals surface area contributed by atoms with E-state index >= 15 is 0 Å². The molecular weight excluding hydrogens is 351 g/mol. The number of rotatable bonds is 9. The number of aromatic nitrogens is 2. The lowest BCUT2D eigenvalue weighted by atomic mass is 10.0. The standard InChI is InChI=1S/C20H21FN2O2S/c21-20-13-17(4-5-18(20)14-26-11-9-24)16-2-1-3-19(12-16)25-10-8-23-7-6-22-15-23/h1-7,12-13,15,24H,8-11,14H2. The van der Waals surface area contributed by atoms with E-state index in [1.807, 2.05) is 47.2 Å². The molecule has 136 valence electrons. The van der Waals surface area contributed by atoms with E-state index in [4.69, 9.17) is 9.84 Å². The first-order valence-corrected chi connectivity index (χ1v) is 9.58. The van der Waals surface area contributed by atoms with Crippen LogP contribution in [-0.4, -0.2) is 33.6 Å². The monoisotopic (exact) mass is 372 g/mol. The van der Waals surface area contributed by atoms with Crippen LogP contribution >= 0.6 is 11.8 Å². The van der Waals surface area contributed by atoms with Crippen molar-refractivity contribution in [2.45, 2.75) is 12.3 Å². The van der Waals surface area contributed by atoms with Crippen LogP contribution in [0.5, 0.6) is 5.75 Å². The summed E-state index contributed by atoms with van der Waals surface area (Å²) in [6.07, 6.45) is 5.38. The van der Waals surface area contributed by atoms with Crippen LogP contribution in [0.25, 0.3) is 11.1 Å². The molecule has 0 aliphatic heterocycles. The lowest BCUT2D eigenvalue weighted by Gasteiger charge is -2.10. The molecule has 0 amide bonds. The van der Waals surface area contributed by atoms with Crippen LogP contribution in [0, 0.1) is 5.82 Å². The second kappa shape index (κ2) is 9.40. The molecule has 26 heavy (non-hydrogen) atoms. The highest BCUT2D eigenvalue weighted by Crippen LogP contribution is 2.27. The van der Waals surface area contributed by atoms with E-state index in [0.29, 0.717) is 23.7 Å². The molecule has 6 heteroatoms. The predicted molar refractivity (Wildman–Crippen MR) is 103 cm³/mol. The number of imidazole rings is 1. The van der Waals surface area contributed by atoms with Crippen molar-refractivity contribution in [1.29, 1.82) is 0 Å². The molecule has 0 atom stereocenters. The van der Waals surface area contributed by atoms with E-state index in [2.05, 4.69) is 4.98 Å². The van der Waals surface area contributed by atoms with Gasteiger partial charge in [0.25, 0.3) is 0 Å². The Morgan fingerprint density at radius 1 is 1.15 bits per heavy atom. The molecule has 1 N–H and O–H groups in total. The Labute approximate surface area is 156 Å². The summed E-state index contributed by atoms with van der Waals surface area (Å²) in [4.78, 5) is 4.00. The van der Waals surface area contributed by atoms with Gasteiger partial charge in [0, 0.05) is 23.9 Å². The van der Waals surface area contributed by atoms with Crippen molar-refractivity contribution >= 4 is 11.8 Å². The number of ether oxygens (including phenoxy) is 1. The zero-order valence-electron chi connectivity index (χ0n) is 14.3. The Hall–Kier alpha value is -2.31. The van der Waals surface area contributed by atoms with E-state index in [0.717, 1.165) is 23.4 Å². The van der Waals surface area contributed by atoms with E-state index in [-0.39, 0.29) is 12.4 Å². The highest BCUT2D eigenvalue weighted by molar-refractivity contribution is 7.98. The summed E-state index contributed by atoms with van der Waals surface area (Å²) >= 11 is 1.52. The molecule has 0 radical (unpaired) electrons. The molecule has 0 saturated carbocycles. The molecule has 0 unspecified atom stereocenters. The van der Waals surface area contributed by atoms with E-state index in [1.54, 1.807) is 18.6 Å². The summed E-state index contributed by atoms with van der Waals surface area (Å²) in [5, 5.41) is 8.82. The van der Waals surface area contributed by atoms with Gasteiger partial charge in [0.1, 0.15) is 18.2 Å². The quantitative estimate of drug-likeness (QED) is 0.577. The lowest BCUT2D eigenvalue weighted by Crippen LogP contribution is -2.06. The predicted octanol–water partition coefficient (Wildman–Crippen LogP) is 3.99. The van der Waals surface area contributed by atoms with Crippen LogP contribution in [0.4, 0.5) is 4.39 Å². The fourth-order valence-corrected chi connectivity index (χ4v) is 3.27. The minimum atomic E-state index is -0.223. The van der Waals surface area contributed by atoms with Gasteiger partial charge in [0.2, 0.25) is 0 Å². The maximum atomic E-state index is 14.3. The van der Waals surface area contributed by atoms with Crippen molar-refractivity contribution in [3.8, 4) is 16.9 Å². The van der Waals surface area contributed by atoms with Crippen molar-refractivity contribution in [1.82, 2.24) is 9.55 Å². The summed E-state index contributed by atoms with van der Waals surface area (Å²) in [5.74, 6) is 1.70. The van der Waals surface area contributed by atoms with Gasteiger partial charge < -0.3 is 14.4 Å². The first kappa shape index (κ1) is 18.5. The fraction of sp³-hybridized carbons (Fsp3) is 0.250. The molecule has 0 spiro atoms. The minimum absolute atomic E-state index is 0.109. The molecule has 2 aromatic carbocycles. The van der Waals surface area contributed by atoms with Crippen molar-refractivity contribution in [3.63, 3.8) is 0 Å². The van der Waals surface area contributed by atoms with Gasteiger partial charge in [-0.1, -0.05) is 24.3 Å². The van der Waals surface area contributed by atoms with Gasteiger partial charge in [-0.05, 0) is 34.9 Å². The molecule has 0 aliphatic rings. The van der Waals surface area contributed by atoms with Gasteiger partial charge in [-0.25, -0.2) is 9.37 Å². The molecule has 0 aliphatic carbocycles. The number of nitrogens with zero attached hydrogens (tertiary/aromatic N) is 2. The van der Waals surface area contributed by atoms with Gasteiger partial charge in [-0.15, -0.1) is 0 Å². The van der Waals surface area contributed by atoms with Crippen LogP contribution in [0.15, 0.2) is 61.2 Å². The Morgan fingerprint density at radius 3 is 2.81 bits per heavy atom. The summed E-state index contributed by atoms with van der Waals surface area (Å²) in [7, 11) is 0. The number of aliphatic hydroxyl groups is 1. The normalized spacial score (nSPS) is 10.8. The zero-order valence-corrected chi connectivity index (χ0v) is 15.2. The first-order chi connectivity index (χ1) is 12.8. The minimum Gasteiger partial charge on any atom is -0.492 e. The summed E-state index contributed by atoms with van der Waals surface area (Å²) in [6.45, 7) is 1.37. The Kier molecular flexibility index (Phi) is 6.68. The van der Waals surface area contributed by atoms with E-state index in [9.17, 15) is 4.39 Å². The average molecular weight is 372 g/mol. The molecular formula is C20H21FN2O2S. The summed E-state index contributed by atoms with van der Waals surface area (Å²) < 4.78 is 22.1. The smallest absolute Gasteiger partial charge is 0.127 e. The number of hydrogen-bond acceptors (Lipinski definition) is 4. The molecule has 3 rings (SSSR count). The number of thioether (sulfide) groups is 1. The highest BCUT2D eigenvalue weighted by Gasteiger charge is 2.06. The van der Waals surface area contributed by atoms with Crippen LogP contribution < -0.4 is 4.74 Å². The van der Waals surface area contributed by atoms with E-state index < -0.39 is 0 Å². The second-order valence-electron chi connectivity index (χ2n) is 5.76. The van der Waals surface area contributed by atoms with Crippen LogP contribution in [0.3, 0.4) is 0 Å². The number of benzene rings is 2. The first-order valence-electron chi connectivity index (χ1n) is 8.42. The molecule has 1 heterocycles. The number of aliphatic hydroxyl groups excluding tert-OH is 1. The maximum Gasteiger partial charge on any atom is 0.127 e. The van der Waals surface area contributed by atoms with Crippen molar-refractivity contribution in [2.75, 3.05) is 19.0 Å². The molecule has 3 aromatic rings. The third kappa shape index (κ3) is 5.09. The Morgan fingerprint density at radius 2 is 2.04 bits per heavy atom. The van der Waals surface area contributed by atoms with Crippen LogP contribution in [0.1, 0.15) is 5.56 Å². The fourth-order valence-electron chi connectivity index (χ4n) is 2.54. The maximum absolute atomic E-state index is 14.3. The van der Waals surface area contributed by atoms with Gasteiger partial charge in [0.15, 0.2) is 0 Å². The molecule has 0 bridgehead atoms. The summed E-state index contributed by atoms with van der Waals surface area (Å²) in [6, 6.07) is 12.9. The molecule has 0 fully saturated rings. The third-order valence-corrected chi connectivity index (χ3v) is 4.88. The van der Waals surface area contributed by atoms with Crippen molar-refractivity contribution in [3.05, 3.63) is 72.6 Å². The average Bonchev–Trinajstić information content (AvgIpc) is 3.17. The summed E-state index contributed by atoms with van der Waals surface area (Å²) in [5.41, 5.74) is 2.39. The van der Waals surface area contributed by atoms with Crippen molar-refractivity contribution < 1.29 is 14.2 Å². The van der Waals surface area contributed by atoms with Gasteiger partial charge >= 0.3 is 0 Å². The zero-order chi connectivity index (χ0) is 18.2. The number of halogens is 1. The highest BCUT2D eigenvalue weighted by atomic mass is 32.2. The number of hydrogen-bond donors (Lipinski definition) is 1. The van der Waals surface area contributed by atoms with Crippen molar-refractivity contribution in [2.24, 2.45) is 0 Å². The Bertz CT molecular complexity index is 824. The van der Waals surface area contributed by atoms with Crippen LogP contribution in [0.2, 0.25) is 0 Å². The molecule has 0 saturated heterocycles. The third-order valence-electron chi connectivity index (χ3n) is 3.89. The second-order valence-corrected chi connectivity index (χ2v) is 6.86. The molecule has 4 nitrogen and oxygen atoms in total. The largest absolute Gasteiger partial charge is 0.492 e. The Balaban J connectivity index is 1.64. The van der Waals surface area contributed by atoms with Gasteiger partial charge in [-0.2, -0.15) is 11.8 Å². The topological polar surface area (TPSA) is 47.3 Å². The lowest BCUT2D eigenvalue weighted by molar-refractivity contribution is 0.298. The van der Waals surface area contributed by atoms with E-state index in [1.165, 1.54) is 11.8 Å². The molecule has 1 aromatic heterocycles.